The maximum absolute atomic E-state index is 13.6. The highest BCUT2D eigenvalue weighted by Gasteiger charge is 2.29. The highest BCUT2D eigenvalue weighted by molar-refractivity contribution is 7.98. The van der Waals surface area contributed by atoms with E-state index in [0.717, 1.165) is 26.9 Å². The number of carbonyl (C=O) groups excluding carboxylic acids is 1. The first-order chi connectivity index (χ1) is 16.7. The normalized spacial score (nSPS) is 11.2. The zero-order valence-corrected chi connectivity index (χ0v) is 22.2. The molecule has 0 atom stereocenters. The maximum Gasteiger partial charge on any atom is 0.264 e. The molecule has 0 radical (unpaired) electrons. The number of hydrogen-bond donors (Lipinski definition) is 1. The Balaban J connectivity index is 1.73. The molecule has 0 aliphatic carbocycles. The Morgan fingerprint density at radius 2 is 1.66 bits per heavy atom. The first kappa shape index (κ1) is 26.6. The molecular weight excluding hydrogens is 480 g/mol. The second-order valence-corrected chi connectivity index (χ2v) is 11.3. The fraction of sp³-hybridized carbons (Fsp3) is 0.296. The van der Waals surface area contributed by atoms with E-state index in [0.29, 0.717) is 18.0 Å². The van der Waals surface area contributed by atoms with Crippen molar-refractivity contribution in [1.82, 2.24) is 5.32 Å². The summed E-state index contributed by atoms with van der Waals surface area (Å²) in [6, 6.07) is 20.1. The lowest BCUT2D eigenvalue weighted by atomic mass is 10.1. The molecule has 35 heavy (non-hydrogen) atoms. The predicted octanol–water partition coefficient (Wildman–Crippen LogP) is 4.87. The topological polar surface area (TPSA) is 75.7 Å². The van der Waals surface area contributed by atoms with Crippen LogP contribution in [0.3, 0.4) is 0 Å². The summed E-state index contributed by atoms with van der Waals surface area (Å²) in [7, 11) is -2.52. The van der Waals surface area contributed by atoms with Crippen LogP contribution < -0.4 is 14.4 Å². The first-order valence-electron chi connectivity index (χ1n) is 11.4. The minimum Gasteiger partial charge on any atom is -0.495 e. The van der Waals surface area contributed by atoms with Crippen molar-refractivity contribution in [3.8, 4) is 5.75 Å². The van der Waals surface area contributed by atoms with E-state index >= 15 is 0 Å². The second-order valence-electron chi connectivity index (χ2n) is 8.33. The molecule has 186 valence electrons. The van der Waals surface area contributed by atoms with Crippen LogP contribution in [0.5, 0.6) is 5.75 Å². The van der Waals surface area contributed by atoms with E-state index in [1.54, 1.807) is 48.2 Å². The summed E-state index contributed by atoms with van der Waals surface area (Å²) in [5, 5.41) is 2.86. The Kier molecular flexibility index (Phi) is 9.23. The molecule has 0 aromatic heterocycles. The highest BCUT2D eigenvalue weighted by atomic mass is 32.2. The van der Waals surface area contributed by atoms with Crippen LogP contribution in [0.15, 0.2) is 71.6 Å². The number of ether oxygens (including phenoxy) is 1. The zero-order chi connectivity index (χ0) is 25.4. The van der Waals surface area contributed by atoms with Gasteiger partial charge in [0.05, 0.1) is 17.7 Å². The molecule has 1 amide bonds. The van der Waals surface area contributed by atoms with Gasteiger partial charge in [0.1, 0.15) is 12.3 Å². The van der Waals surface area contributed by atoms with Crippen molar-refractivity contribution < 1.29 is 17.9 Å². The highest BCUT2D eigenvalue weighted by Crippen LogP contribution is 2.33. The summed E-state index contributed by atoms with van der Waals surface area (Å²) in [5.41, 5.74) is 4.65. The smallest absolute Gasteiger partial charge is 0.264 e. The van der Waals surface area contributed by atoms with Crippen LogP contribution in [-0.4, -0.2) is 40.3 Å². The number of nitrogens with zero attached hydrogens (tertiary/aromatic N) is 1. The average Bonchev–Trinajstić information content (AvgIpc) is 2.83. The minimum absolute atomic E-state index is 0.119. The van der Waals surface area contributed by atoms with Gasteiger partial charge in [-0.25, -0.2) is 8.42 Å². The fourth-order valence-electron chi connectivity index (χ4n) is 3.54. The molecule has 0 saturated carbocycles. The molecule has 0 fully saturated rings. The van der Waals surface area contributed by atoms with E-state index in [1.807, 2.05) is 32.0 Å². The largest absolute Gasteiger partial charge is 0.495 e. The van der Waals surface area contributed by atoms with Gasteiger partial charge in [-0.1, -0.05) is 48.0 Å². The quantitative estimate of drug-likeness (QED) is 0.371. The number of anilines is 1. The third kappa shape index (κ3) is 7.02. The molecule has 0 spiro atoms. The molecule has 8 heteroatoms. The lowest BCUT2D eigenvalue weighted by molar-refractivity contribution is -0.119. The van der Waals surface area contributed by atoms with Gasteiger partial charge in [0.15, 0.2) is 0 Å². The maximum atomic E-state index is 13.6. The van der Waals surface area contributed by atoms with Gasteiger partial charge in [0.2, 0.25) is 5.91 Å². The SMILES string of the molecule is COc1ccc(C)cc1N(CC(=O)NCCSCc1ccccc1C)S(=O)(=O)c1ccc(C)cc1. The summed E-state index contributed by atoms with van der Waals surface area (Å²) in [6.07, 6.45) is 0. The van der Waals surface area contributed by atoms with Crippen molar-refractivity contribution in [3.05, 3.63) is 89.0 Å². The van der Waals surface area contributed by atoms with Gasteiger partial charge in [-0.15, -0.1) is 0 Å². The lowest BCUT2D eigenvalue weighted by Gasteiger charge is -2.26. The van der Waals surface area contributed by atoms with Crippen LogP contribution in [0.1, 0.15) is 22.3 Å². The van der Waals surface area contributed by atoms with Gasteiger partial charge in [0.25, 0.3) is 10.0 Å². The number of benzene rings is 3. The van der Waals surface area contributed by atoms with Crippen molar-refractivity contribution in [2.75, 3.05) is 30.3 Å². The Bertz CT molecular complexity index is 1260. The monoisotopic (exact) mass is 512 g/mol. The minimum atomic E-state index is -4.00. The Labute approximate surface area is 212 Å². The standard InChI is InChI=1S/C27H32N2O4S2/c1-20-9-12-24(13-10-20)35(31,32)29(25-17-21(2)11-14-26(25)33-4)18-27(30)28-15-16-34-19-23-8-6-5-7-22(23)3/h5-14,17H,15-16,18-19H2,1-4H3,(H,28,30). The molecule has 0 unspecified atom stereocenters. The Hall–Kier alpha value is -2.97. The lowest BCUT2D eigenvalue weighted by Crippen LogP contribution is -2.41. The van der Waals surface area contributed by atoms with E-state index < -0.39 is 10.0 Å². The number of sulfonamides is 1. The van der Waals surface area contributed by atoms with Crippen molar-refractivity contribution in [1.29, 1.82) is 0 Å². The summed E-state index contributed by atoms with van der Waals surface area (Å²) >= 11 is 1.72. The molecule has 0 heterocycles. The molecule has 0 aliphatic heterocycles. The van der Waals surface area contributed by atoms with Crippen molar-refractivity contribution in [2.24, 2.45) is 0 Å². The number of amides is 1. The summed E-state index contributed by atoms with van der Waals surface area (Å²) < 4.78 is 33.8. The van der Waals surface area contributed by atoms with Gasteiger partial charge < -0.3 is 10.1 Å². The molecule has 3 aromatic carbocycles. The summed E-state index contributed by atoms with van der Waals surface area (Å²) in [4.78, 5) is 13.0. The average molecular weight is 513 g/mol. The van der Waals surface area contributed by atoms with Crippen LogP contribution in [0, 0.1) is 20.8 Å². The van der Waals surface area contributed by atoms with Gasteiger partial charge in [-0.2, -0.15) is 11.8 Å². The van der Waals surface area contributed by atoms with E-state index in [1.165, 1.54) is 18.2 Å². The Morgan fingerprint density at radius 1 is 0.971 bits per heavy atom. The van der Waals surface area contributed by atoms with Crippen molar-refractivity contribution in [2.45, 2.75) is 31.4 Å². The number of nitrogens with one attached hydrogen (secondary N) is 1. The van der Waals surface area contributed by atoms with Crippen LogP contribution in [-0.2, 0) is 20.6 Å². The number of carbonyl (C=O) groups is 1. The van der Waals surface area contributed by atoms with E-state index in [-0.39, 0.29) is 17.3 Å². The van der Waals surface area contributed by atoms with Crippen LogP contribution in [0.2, 0.25) is 0 Å². The predicted molar refractivity (Wildman–Crippen MR) is 144 cm³/mol. The molecule has 6 nitrogen and oxygen atoms in total. The van der Waals surface area contributed by atoms with Gasteiger partial charge in [-0.05, 0) is 61.7 Å². The number of methoxy groups -OCH3 is 1. The van der Waals surface area contributed by atoms with Crippen LogP contribution in [0.4, 0.5) is 5.69 Å². The molecule has 3 rings (SSSR count). The van der Waals surface area contributed by atoms with E-state index in [2.05, 4.69) is 24.4 Å². The molecule has 0 bridgehead atoms. The summed E-state index contributed by atoms with van der Waals surface area (Å²) in [6.45, 7) is 5.94. The number of thioether (sulfide) groups is 1. The molecule has 3 aromatic rings. The summed E-state index contributed by atoms with van der Waals surface area (Å²) in [5.74, 6) is 1.59. The fourth-order valence-corrected chi connectivity index (χ4v) is 5.89. The molecule has 0 saturated heterocycles. The number of aryl methyl sites for hydroxylation is 3. The third-order valence-corrected chi connectivity index (χ3v) is 8.37. The number of rotatable bonds is 11. The Morgan fingerprint density at radius 3 is 2.34 bits per heavy atom. The van der Waals surface area contributed by atoms with E-state index in [9.17, 15) is 13.2 Å². The first-order valence-corrected chi connectivity index (χ1v) is 13.9. The third-order valence-electron chi connectivity index (χ3n) is 5.59. The molecule has 0 aliphatic rings. The van der Waals surface area contributed by atoms with Crippen LogP contribution in [0.25, 0.3) is 0 Å². The van der Waals surface area contributed by atoms with Gasteiger partial charge in [-0.3, -0.25) is 9.10 Å². The van der Waals surface area contributed by atoms with Crippen molar-refractivity contribution >= 4 is 33.4 Å². The van der Waals surface area contributed by atoms with Gasteiger partial charge >= 0.3 is 0 Å². The van der Waals surface area contributed by atoms with Crippen LogP contribution >= 0.6 is 11.8 Å². The van der Waals surface area contributed by atoms with E-state index in [4.69, 9.17) is 4.74 Å². The van der Waals surface area contributed by atoms with Crippen molar-refractivity contribution in [3.63, 3.8) is 0 Å². The second kappa shape index (κ2) is 12.1. The van der Waals surface area contributed by atoms with Gasteiger partial charge in [0, 0.05) is 18.1 Å². The number of hydrogen-bond acceptors (Lipinski definition) is 5. The molecule has 1 N–H and O–H groups in total. The molecular formula is C27H32N2O4S2. The zero-order valence-electron chi connectivity index (χ0n) is 20.6.